The number of nitrogens with one attached hydrogen (secondary N) is 2. The van der Waals surface area contributed by atoms with Crippen molar-refractivity contribution in [1.29, 1.82) is 0 Å². The molecule has 154 valence electrons. The first-order valence-electron chi connectivity index (χ1n) is 10.7. The van der Waals surface area contributed by atoms with E-state index >= 15 is 0 Å². The van der Waals surface area contributed by atoms with Crippen LogP contribution in [-0.2, 0) is 9.59 Å². The Morgan fingerprint density at radius 3 is 2.39 bits per heavy atom. The smallest absolute Gasteiger partial charge is 0.242 e. The Bertz CT molecular complexity index is 652. The van der Waals surface area contributed by atoms with Crippen LogP contribution in [0.2, 0.25) is 0 Å². The molecule has 1 aromatic rings. The topological polar surface area (TPSA) is 61.4 Å². The maximum Gasteiger partial charge on any atom is 0.242 e. The van der Waals surface area contributed by atoms with E-state index < -0.39 is 6.04 Å². The Balaban J connectivity index is 1.58. The van der Waals surface area contributed by atoms with Crippen molar-refractivity contribution >= 4 is 11.8 Å². The van der Waals surface area contributed by atoms with Gasteiger partial charge in [0.2, 0.25) is 11.8 Å². The molecule has 6 heteroatoms. The van der Waals surface area contributed by atoms with Crippen molar-refractivity contribution in [2.24, 2.45) is 5.92 Å². The summed E-state index contributed by atoms with van der Waals surface area (Å²) in [6, 6.07) is 6.06. The molecule has 1 unspecified atom stereocenters. The average Bonchev–Trinajstić information content (AvgIpc) is 3.51. The van der Waals surface area contributed by atoms with Gasteiger partial charge in [-0.15, -0.1) is 0 Å². The van der Waals surface area contributed by atoms with Crippen molar-refractivity contribution in [3.05, 3.63) is 35.6 Å². The molecule has 2 aliphatic rings. The van der Waals surface area contributed by atoms with Gasteiger partial charge >= 0.3 is 0 Å². The number of rotatable bonds is 9. The van der Waals surface area contributed by atoms with Gasteiger partial charge in [-0.25, -0.2) is 4.39 Å². The Hall–Kier alpha value is -1.95. The quantitative estimate of drug-likeness (QED) is 0.638. The van der Waals surface area contributed by atoms with Gasteiger partial charge in [-0.2, -0.15) is 0 Å². The Morgan fingerprint density at radius 1 is 1.11 bits per heavy atom. The second-order valence-electron chi connectivity index (χ2n) is 8.05. The molecule has 0 radical (unpaired) electrons. The predicted octanol–water partition coefficient (Wildman–Crippen LogP) is 3.16. The molecule has 3 rings (SSSR count). The molecule has 1 aliphatic heterocycles. The van der Waals surface area contributed by atoms with Gasteiger partial charge in [0.1, 0.15) is 11.9 Å². The van der Waals surface area contributed by atoms with Gasteiger partial charge in [0.15, 0.2) is 0 Å². The molecule has 0 bridgehead atoms. The number of carbonyl (C=O) groups excluding carboxylic acids is 2. The first-order chi connectivity index (χ1) is 13.6. The normalized spacial score (nSPS) is 19.2. The number of hydrogen-bond donors (Lipinski definition) is 2. The number of hydrogen-bond acceptors (Lipinski definition) is 3. The molecule has 5 nitrogen and oxygen atoms in total. The highest BCUT2D eigenvalue weighted by Crippen LogP contribution is 2.29. The first-order valence-corrected chi connectivity index (χ1v) is 10.7. The summed E-state index contributed by atoms with van der Waals surface area (Å²) in [5, 5.41) is 6.13. The minimum absolute atomic E-state index is 0.0123. The molecular weight excluding hydrogens is 357 g/mol. The number of amides is 2. The number of nitrogens with zero attached hydrogens (tertiary/aromatic N) is 1. The lowest BCUT2D eigenvalue weighted by molar-refractivity contribution is -0.129. The highest BCUT2D eigenvalue weighted by Gasteiger charge is 2.35. The monoisotopic (exact) mass is 389 g/mol. The van der Waals surface area contributed by atoms with E-state index in [-0.39, 0.29) is 29.6 Å². The van der Waals surface area contributed by atoms with Crippen LogP contribution < -0.4 is 10.6 Å². The van der Waals surface area contributed by atoms with Gasteiger partial charge in [-0.3, -0.25) is 14.5 Å². The minimum Gasteiger partial charge on any atom is -0.356 e. The largest absolute Gasteiger partial charge is 0.356 e. The molecule has 1 saturated heterocycles. The molecule has 28 heavy (non-hydrogen) atoms. The summed E-state index contributed by atoms with van der Waals surface area (Å²) in [6.07, 6.45) is 6.84. The van der Waals surface area contributed by atoms with Crippen LogP contribution in [0.25, 0.3) is 0 Å². The second kappa shape index (κ2) is 10.0. The summed E-state index contributed by atoms with van der Waals surface area (Å²) in [5.74, 6) is -0.171. The van der Waals surface area contributed by atoms with Gasteiger partial charge in [0, 0.05) is 18.5 Å². The zero-order valence-electron chi connectivity index (χ0n) is 16.8. The van der Waals surface area contributed by atoms with Crippen LogP contribution in [0.1, 0.15) is 63.5 Å². The molecule has 0 spiro atoms. The predicted molar refractivity (Wildman–Crippen MR) is 107 cm³/mol. The first kappa shape index (κ1) is 20.8. The molecule has 1 heterocycles. The molecule has 1 saturated carbocycles. The maximum atomic E-state index is 13.3. The van der Waals surface area contributed by atoms with Gasteiger partial charge in [0.25, 0.3) is 0 Å². The van der Waals surface area contributed by atoms with Gasteiger partial charge < -0.3 is 10.6 Å². The minimum atomic E-state index is -0.422. The van der Waals surface area contributed by atoms with Crippen molar-refractivity contribution in [3.63, 3.8) is 0 Å². The number of likely N-dealkylation sites (tertiary alicyclic amines) is 1. The van der Waals surface area contributed by atoms with Crippen LogP contribution in [0, 0.1) is 11.7 Å². The summed E-state index contributed by atoms with van der Waals surface area (Å²) in [7, 11) is 0. The summed E-state index contributed by atoms with van der Waals surface area (Å²) in [4.78, 5) is 27.4. The highest BCUT2D eigenvalue weighted by molar-refractivity contribution is 5.84. The third kappa shape index (κ3) is 5.77. The Kier molecular flexibility index (Phi) is 7.43. The van der Waals surface area contributed by atoms with Crippen molar-refractivity contribution in [1.82, 2.24) is 15.5 Å². The zero-order chi connectivity index (χ0) is 19.9. The van der Waals surface area contributed by atoms with Crippen LogP contribution in [-0.4, -0.2) is 42.4 Å². The number of piperidine rings is 1. The van der Waals surface area contributed by atoms with Gasteiger partial charge in [-0.05, 0) is 62.9 Å². The molecule has 2 amide bonds. The lowest BCUT2D eigenvalue weighted by atomic mass is 9.93. The van der Waals surface area contributed by atoms with Crippen LogP contribution in [0.15, 0.2) is 24.3 Å². The lowest BCUT2D eigenvalue weighted by Gasteiger charge is -2.36. The lowest BCUT2D eigenvalue weighted by Crippen LogP contribution is -2.47. The average molecular weight is 390 g/mol. The van der Waals surface area contributed by atoms with E-state index in [1.54, 1.807) is 12.1 Å². The van der Waals surface area contributed by atoms with Crippen LogP contribution >= 0.6 is 0 Å². The molecule has 0 aromatic heterocycles. The number of carbonyl (C=O) groups is 2. The fraction of sp³-hybridized carbons (Fsp3) is 0.636. The summed E-state index contributed by atoms with van der Waals surface area (Å²) >= 11 is 0. The summed E-state index contributed by atoms with van der Waals surface area (Å²) in [5.41, 5.74) is 0.807. The SMILES string of the molecule is CCCCCNC(=O)C1CCN(C(C(=O)NC2CC2)c2ccc(F)cc2)CC1. The molecular formula is C22H32FN3O2. The highest BCUT2D eigenvalue weighted by atomic mass is 19.1. The van der Waals surface area contributed by atoms with E-state index in [9.17, 15) is 14.0 Å². The van der Waals surface area contributed by atoms with Crippen LogP contribution in [0.5, 0.6) is 0 Å². The standard InChI is InChI=1S/C22H32FN3O2/c1-2-3-4-13-24-21(27)17-11-14-26(15-12-17)20(22(28)25-19-9-10-19)16-5-7-18(23)8-6-16/h5-8,17,19-20H,2-4,9-15H2,1H3,(H,24,27)(H,25,28). The van der Waals surface area contributed by atoms with Crippen molar-refractivity contribution in [3.8, 4) is 0 Å². The Labute approximate surface area is 167 Å². The summed E-state index contributed by atoms with van der Waals surface area (Å²) < 4.78 is 13.3. The molecule has 2 N–H and O–H groups in total. The fourth-order valence-corrected chi connectivity index (χ4v) is 3.83. The van der Waals surface area contributed by atoms with Crippen molar-refractivity contribution in [2.45, 2.75) is 64.0 Å². The van der Waals surface area contributed by atoms with Crippen LogP contribution in [0.3, 0.4) is 0 Å². The number of benzene rings is 1. The van der Waals surface area contributed by atoms with E-state index in [1.807, 2.05) is 0 Å². The maximum absolute atomic E-state index is 13.3. The molecule has 1 aliphatic carbocycles. The molecule has 2 fully saturated rings. The number of unbranched alkanes of at least 4 members (excludes halogenated alkanes) is 2. The van der Waals surface area contributed by atoms with Gasteiger partial charge in [-0.1, -0.05) is 31.9 Å². The van der Waals surface area contributed by atoms with E-state index in [4.69, 9.17) is 0 Å². The summed E-state index contributed by atoms with van der Waals surface area (Å²) in [6.45, 7) is 4.27. The number of halogens is 1. The second-order valence-corrected chi connectivity index (χ2v) is 8.05. The van der Waals surface area contributed by atoms with E-state index in [2.05, 4.69) is 22.5 Å². The molecule has 1 atom stereocenters. The third-order valence-corrected chi connectivity index (χ3v) is 5.70. The van der Waals surface area contributed by atoms with E-state index in [0.29, 0.717) is 13.1 Å². The van der Waals surface area contributed by atoms with Gasteiger partial charge in [0.05, 0.1) is 0 Å². The van der Waals surface area contributed by atoms with Crippen LogP contribution in [0.4, 0.5) is 4.39 Å². The third-order valence-electron chi connectivity index (χ3n) is 5.70. The Morgan fingerprint density at radius 2 is 1.79 bits per heavy atom. The van der Waals surface area contributed by atoms with Crippen molar-refractivity contribution in [2.75, 3.05) is 19.6 Å². The van der Waals surface area contributed by atoms with E-state index in [1.165, 1.54) is 12.1 Å². The van der Waals surface area contributed by atoms with E-state index in [0.717, 1.165) is 57.1 Å². The fourth-order valence-electron chi connectivity index (χ4n) is 3.83. The zero-order valence-corrected chi connectivity index (χ0v) is 16.8. The van der Waals surface area contributed by atoms with Crippen molar-refractivity contribution < 1.29 is 14.0 Å². The molecule has 1 aromatic carbocycles.